The molecule has 0 aliphatic carbocycles. The van der Waals surface area contributed by atoms with Crippen LogP contribution < -0.4 is 10.6 Å². The monoisotopic (exact) mass is 324 g/mol. The average molecular weight is 324 g/mol. The zero-order valence-electron chi connectivity index (χ0n) is 13.0. The fourth-order valence-electron chi connectivity index (χ4n) is 1.96. The average Bonchev–Trinajstić information content (AvgIpc) is 2.47. The van der Waals surface area contributed by atoms with Crippen LogP contribution in [0.1, 0.15) is 25.8 Å². The number of anilines is 3. The van der Waals surface area contributed by atoms with Crippen molar-refractivity contribution in [1.82, 2.24) is 9.97 Å². The Kier molecular flexibility index (Phi) is 5.41. The van der Waals surface area contributed by atoms with Gasteiger partial charge in [0.2, 0.25) is 5.95 Å². The second-order valence-corrected chi connectivity index (χ2v) is 5.54. The minimum atomic E-state index is -4.42. The summed E-state index contributed by atoms with van der Waals surface area (Å²) in [5.74, 6) is 1.24. The Morgan fingerprint density at radius 1 is 1.13 bits per heavy atom. The lowest BCUT2D eigenvalue weighted by atomic mass is 10.1. The molecule has 0 spiro atoms. The van der Waals surface area contributed by atoms with E-state index in [1.165, 1.54) is 24.4 Å². The first kappa shape index (κ1) is 17.1. The zero-order valence-corrected chi connectivity index (χ0v) is 13.0. The van der Waals surface area contributed by atoms with E-state index in [1.54, 1.807) is 6.07 Å². The second-order valence-electron chi connectivity index (χ2n) is 5.54. The number of aromatic nitrogens is 2. The fraction of sp³-hybridized carbons (Fsp3) is 0.375. The van der Waals surface area contributed by atoms with E-state index < -0.39 is 11.7 Å². The van der Waals surface area contributed by atoms with Gasteiger partial charge in [-0.25, -0.2) is 4.98 Å². The van der Waals surface area contributed by atoms with Crippen LogP contribution in [0.3, 0.4) is 0 Å². The van der Waals surface area contributed by atoms with Crippen molar-refractivity contribution in [1.29, 1.82) is 0 Å². The molecule has 0 fully saturated rings. The molecule has 0 aliphatic rings. The maximum atomic E-state index is 13.0. The molecule has 2 rings (SSSR count). The number of hydrogen-bond donors (Lipinski definition) is 2. The van der Waals surface area contributed by atoms with Crippen LogP contribution >= 0.6 is 0 Å². The maximum Gasteiger partial charge on any atom is 0.418 e. The van der Waals surface area contributed by atoms with E-state index in [1.807, 2.05) is 0 Å². The van der Waals surface area contributed by atoms with Gasteiger partial charge in [-0.1, -0.05) is 26.0 Å². The number of halogens is 3. The summed E-state index contributed by atoms with van der Waals surface area (Å²) in [7, 11) is 0. The molecule has 0 amide bonds. The van der Waals surface area contributed by atoms with Crippen molar-refractivity contribution in [2.24, 2.45) is 5.92 Å². The van der Waals surface area contributed by atoms with Gasteiger partial charge in [0.05, 0.1) is 11.3 Å². The van der Waals surface area contributed by atoms with Crippen LogP contribution in [-0.4, -0.2) is 16.5 Å². The van der Waals surface area contributed by atoms with Gasteiger partial charge in [-0.15, -0.1) is 0 Å². The van der Waals surface area contributed by atoms with Gasteiger partial charge in [-0.05, 0) is 30.5 Å². The Morgan fingerprint density at radius 3 is 2.57 bits per heavy atom. The Bertz CT molecular complexity index is 641. The first-order valence-electron chi connectivity index (χ1n) is 7.36. The van der Waals surface area contributed by atoms with Gasteiger partial charge >= 0.3 is 6.18 Å². The van der Waals surface area contributed by atoms with Gasteiger partial charge in [0, 0.05) is 12.7 Å². The number of benzene rings is 1. The Balaban J connectivity index is 2.12. The fourth-order valence-corrected chi connectivity index (χ4v) is 1.96. The van der Waals surface area contributed by atoms with Crippen LogP contribution in [-0.2, 0) is 6.18 Å². The molecule has 7 heteroatoms. The van der Waals surface area contributed by atoms with Crippen LogP contribution in [0, 0.1) is 5.92 Å². The number of rotatable bonds is 6. The maximum absolute atomic E-state index is 13.0. The Hall–Kier alpha value is -2.31. The molecule has 0 saturated carbocycles. The summed E-state index contributed by atoms with van der Waals surface area (Å²) in [6.45, 7) is 4.92. The Morgan fingerprint density at radius 2 is 1.87 bits per heavy atom. The number of nitrogens with one attached hydrogen (secondary N) is 2. The highest BCUT2D eigenvalue weighted by atomic mass is 19.4. The van der Waals surface area contributed by atoms with E-state index in [2.05, 4.69) is 34.4 Å². The summed E-state index contributed by atoms with van der Waals surface area (Å²) in [4.78, 5) is 8.25. The number of alkyl halides is 3. The minimum Gasteiger partial charge on any atom is -0.354 e. The third-order valence-corrected chi connectivity index (χ3v) is 3.16. The molecule has 0 aliphatic heterocycles. The molecule has 1 aromatic heterocycles. The lowest BCUT2D eigenvalue weighted by Gasteiger charge is -2.14. The van der Waals surface area contributed by atoms with Crippen molar-refractivity contribution in [3.8, 4) is 0 Å². The second kappa shape index (κ2) is 7.30. The van der Waals surface area contributed by atoms with Gasteiger partial charge in [0.15, 0.2) is 0 Å². The molecule has 0 bridgehead atoms. The molecule has 124 valence electrons. The van der Waals surface area contributed by atoms with Crippen molar-refractivity contribution < 1.29 is 13.2 Å². The van der Waals surface area contributed by atoms with Crippen molar-refractivity contribution in [3.05, 3.63) is 42.1 Å². The van der Waals surface area contributed by atoms with E-state index in [-0.39, 0.29) is 5.69 Å². The van der Waals surface area contributed by atoms with Gasteiger partial charge in [0.25, 0.3) is 0 Å². The van der Waals surface area contributed by atoms with Gasteiger partial charge < -0.3 is 10.6 Å². The van der Waals surface area contributed by atoms with Crippen molar-refractivity contribution >= 4 is 17.5 Å². The topological polar surface area (TPSA) is 49.8 Å². The molecule has 2 N–H and O–H groups in total. The van der Waals surface area contributed by atoms with Crippen molar-refractivity contribution in [3.63, 3.8) is 0 Å². The molecule has 2 aromatic rings. The zero-order chi connectivity index (χ0) is 16.9. The van der Waals surface area contributed by atoms with E-state index in [0.29, 0.717) is 24.2 Å². The molecular formula is C16H19F3N4. The lowest BCUT2D eigenvalue weighted by molar-refractivity contribution is -0.136. The lowest BCUT2D eigenvalue weighted by Crippen LogP contribution is -2.10. The first-order valence-corrected chi connectivity index (χ1v) is 7.36. The highest BCUT2D eigenvalue weighted by Crippen LogP contribution is 2.35. The third-order valence-electron chi connectivity index (χ3n) is 3.16. The quantitative estimate of drug-likeness (QED) is 0.809. The predicted molar refractivity (Wildman–Crippen MR) is 84.7 cm³/mol. The van der Waals surface area contributed by atoms with E-state index in [4.69, 9.17) is 0 Å². The summed E-state index contributed by atoms with van der Waals surface area (Å²) in [5.41, 5.74) is -0.764. The van der Waals surface area contributed by atoms with E-state index >= 15 is 0 Å². The third kappa shape index (κ3) is 5.12. The molecule has 0 atom stereocenters. The summed E-state index contributed by atoms with van der Waals surface area (Å²) in [6.07, 6.45) is -1.96. The summed E-state index contributed by atoms with van der Waals surface area (Å²) >= 11 is 0. The predicted octanol–water partition coefficient (Wildman–Crippen LogP) is 4.70. The molecule has 0 radical (unpaired) electrons. The van der Waals surface area contributed by atoms with Crippen LogP contribution in [0.2, 0.25) is 0 Å². The number of para-hydroxylation sites is 1. The summed E-state index contributed by atoms with van der Waals surface area (Å²) < 4.78 is 39.0. The van der Waals surface area contributed by atoms with Crippen LogP contribution in [0.25, 0.3) is 0 Å². The number of nitrogens with zero attached hydrogens (tertiary/aromatic N) is 2. The molecular weight excluding hydrogens is 305 g/mol. The van der Waals surface area contributed by atoms with Crippen LogP contribution in [0.5, 0.6) is 0 Å². The normalized spacial score (nSPS) is 11.6. The summed E-state index contributed by atoms with van der Waals surface area (Å²) in [5, 5.41) is 5.77. The van der Waals surface area contributed by atoms with Gasteiger partial charge in [-0.2, -0.15) is 18.2 Å². The highest BCUT2D eigenvalue weighted by Gasteiger charge is 2.33. The molecule has 23 heavy (non-hydrogen) atoms. The largest absolute Gasteiger partial charge is 0.418 e. The van der Waals surface area contributed by atoms with Gasteiger partial charge in [-0.3, -0.25) is 0 Å². The summed E-state index contributed by atoms with van der Waals surface area (Å²) in [6, 6.07) is 6.83. The van der Waals surface area contributed by atoms with Gasteiger partial charge in [0.1, 0.15) is 5.82 Å². The minimum absolute atomic E-state index is 0.0353. The highest BCUT2D eigenvalue weighted by molar-refractivity contribution is 5.61. The molecule has 0 saturated heterocycles. The van der Waals surface area contributed by atoms with Crippen molar-refractivity contribution in [2.75, 3.05) is 17.2 Å². The first-order chi connectivity index (χ1) is 10.9. The van der Waals surface area contributed by atoms with Crippen molar-refractivity contribution in [2.45, 2.75) is 26.4 Å². The standard InChI is InChI=1S/C16H19F3N4/c1-11(2)7-9-20-15-21-10-8-14(23-15)22-13-6-4-3-5-12(13)16(17,18)19/h3-6,8,10-11H,7,9H2,1-2H3,(H2,20,21,22,23). The van der Waals surface area contributed by atoms with E-state index in [0.717, 1.165) is 12.5 Å². The van der Waals surface area contributed by atoms with Crippen LogP contribution in [0.15, 0.2) is 36.5 Å². The SMILES string of the molecule is CC(C)CCNc1nccc(Nc2ccccc2C(F)(F)F)n1. The molecule has 4 nitrogen and oxygen atoms in total. The Labute approximate surface area is 133 Å². The van der Waals surface area contributed by atoms with E-state index in [9.17, 15) is 13.2 Å². The molecule has 0 unspecified atom stereocenters. The number of hydrogen-bond acceptors (Lipinski definition) is 4. The van der Waals surface area contributed by atoms with Crippen LogP contribution in [0.4, 0.5) is 30.6 Å². The smallest absolute Gasteiger partial charge is 0.354 e. The molecule has 1 aromatic carbocycles. The molecule has 1 heterocycles.